The van der Waals surface area contributed by atoms with E-state index in [1.54, 1.807) is 0 Å². The largest absolute Gasteiger partial charge is 0.278 e. The van der Waals surface area contributed by atoms with E-state index in [1.165, 1.54) is 43.1 Å². The normalized spacial score (nSPS) is 11.9. The fourth-order valence-electron chi connectivity index (χ4n) is 6.43. The van der Waals surface area contributed by atoms with Crippen LogP contribution < -0.4 is 0 Å². The number of nitrogens with zero attached hydrogens (tertiary/aromatic N) is 4. The molecule has 2 aromatic heterocycles. The van der Waals surface area contributed by atoms with Crippen LogP contribution in [0, 0.1) is 0 Å². The summed E-state index contributed by atoms with van der Waals surface area (Å²) in [6, 6.07) is 46.6. The zero-order valence-corrected chi connectivity index (χ0v) is 22.0. The maximum Gasteiger partial charge on any atom is 0.238 e. The van der Waals surface area contributed by atoms with Crippen LogP contribution >= 0.6 is 0 Å². The second-order valence-electron chi connectivity index (χ2n) is 10.5. The van der Waals surface area contributed by atoms with Gasteiger partial charge in [-0.3, -0.25) is 4.57 Å². The minimum Gasteiger partial charge on any atom is -0.278 e. The number of benzene rings is 7. The summed E-state index contributed by atoms with van der Waals surface area (Å²) in [6.45, 7) is 0. The Bertz CT molecular complexity index is 2340. The van der Waals surface area contributed by atoms with E-state index < -0.39 is 0 Å². The van der Waals surface area contributed by atoms with Gasteiger partial charge in [0.05, 0.1) is 11.0 Å². The zero-order chi connectivity index (χ0) is 26.9. The van der Waals surface area contributed by atoms with Crippen molar-refractivity contribution in [1.82, 2.24) is 19.5 Å². The second kappa shape index (κ2) is 8.44. The molecule has 190 valence electrons. The minimum absolute atomic E-state index is 0.613. The van der Waals surface area contributed by atoms with E-state index in [4.69, 9.17) is 15.0 Å². The van der Waals surface area contributed by atoms with Crippen LogP contribution in [0.5, 0.6) is 0 Å². The van der Waals surface area contributed by atoms with E-state index in [0.29, 0.717) is 17.6 Å². The Morgan fingerprint density at radius 1 is 0.390 bits per heavy atom. The van der Waals surface area contributed by atoms with Crippen molar-refractivity contribution >= 4 is 54.1 Å². The molecule has 0 saturated carbocycles. The van der Waals surface area contributed by atoms with E-state index in [1.807, 2.05) is 60.7 Å². The molecule has 0 unspecified atom stereocenters. The predicted octanol–water partition coefficient (Wildman–Crippen LogP) is 9.20. The van der Waals surface area contributed by atoms with E-state index in [0.717, 1.165) is 22.2 Å². The molecule has 4 nitrogen and oxygen atoms in total. The molecule has 0 radical (unpaired) electrons. The Morgan fingerprint density at radius 3 is 1.66 bits per heavy atom. The highest BCUT2D eigenvalue weighted by Crippen LogP contribution is 2.46. The summed E-state index contributed by atoms with van der Waals surface area (Å²) in [7, 11) is 0. The van der Waals surface area contributed by atoms with Gasteiger partial charge >= 0.3 is 0 Å². The van der Waals surface area contributed by atoms with Crippen LogP contribution in [0.25, 0.3) is 82.8 Å². The van der Waals surface area contributed by atoms with Crippen molar-refractivity contribution in [3.8, 4) is 28.7 Å². The monoisotopic (exact) mass is 522 g/mol. The van der Waals surface area contributed by atoms with Crippen molar-refractivity contribution in [2.45, 2.75) is 0 Å². The molecule has 0 fully saturated rings. The lowest BCUT2D eigenvalue weighted by molar-refractivity contribution is 0.954. The average Bonchev–Trinajstić information content (AvgIpc) is 3.38. The van der Waals surface area contributed by atoms with Crippen molar-refractivity contribution in [1.29, 1.82) is 0 Å². The van der Waals surface area contributed by atoms with Crippen LogP contribution in [0.2, 0.25) is 0 Å². The molecule has 2 heterocycles. The van der Waals surface area contributed by atoms with E-state index in [-0.39, 0.29) is 0 Å². The zero-order valence-electron chi connectivity index (χ0n) is 22.0. The third-order valence-electron chi connectivity index (χ3n) is 8.18. The van der Waals surface area contributed by atoms with Gasteiger partial charge in [0.25, 0.3) is 0 Å². The summed E-state index contributed by atoms with van der Waals surface area (Å²) in [5, 5.41) is 9.97. The van der Waals surface area contributed by atoms with Crippen LogP contribution in [0.1, 0.15) is 0 Å². The highest BCUT2D eigenvalue weighted by atomic mass is 15.2. The Balaban J connectivity index is 1.49. The van der Waals surface area contributed by atoms with Crippen molar-refractivity contribution in [2.75, 3.05) is 0 Å². The summed E-state index contributed by atoms with van der Waals surface area (Å²) in [5.74, 6) is 1.92. The first-order chi connectivity index (χ1) is 20.3. The minimum atomic E-state index is 0.613. The Hall–Kier alpha value is -5.61. The first-order valence-corrected chi connectivity index (χ1v) is 13.8. The van der Waals surface area contributed by atoms with Crippen LogP contribution in [-0.4, -0.2) is 19.5 Å². The molecular weight excluding hydrogens is 500 g/mol. The highest BCUT2D eigenvalue weighted by molar-refractivity contribution is 6.39. The van der Waals surface area contributed by atoms with Gasteiger partial charge in [-0.1, -0.05) is 121 Å². The molecule has 41 heavy (non-hydrogen) atoms. The third kappa shape index (κ3) is 3.19. The molecule has 0 aliphatic carbocycles. The molecular formula is C37H22N4. The smallest absolute Gasteiger partial charge is 0.238 e. The second-order valence-corrected chi connectivity index (χ2v) is 10.5. The molecule has 9 aromatic rings. The summed E-state index contributed by atoms with van der Waals surface area (Å²) >= 11 is 0. The summed E-state index contributed by atoms with van der Waals surface area (Å²) in [4.78, 5) is 15.2. The van der Waals surface area contributed by atoms with Gasteiger partial charge in [-0.15, -0.1) is 0 Å². The van der Waals surface area contributed by atoms with E-state index in [9.17, 15) is 0 Å². The average molecular weight is 523 g/mol. The fraction of sp³-hybridized carbons (Fsp3) is 0. The molecule has 9 rings (SSSR count). The SMILES string of the molecule is c1ccc(-c2nc(-c3ccccc3)nc(-n3c4cccc5c6ccccc6c6c7ccccc7cc3c6c54)n2)cc1. The Labute approximate surface area is 235 Å². The molecule has 4 heteroatoms. The summed E-state index contributed by atoms with van der Waals surface area (Å²) in [5.41, 5.74) is 4.10. The number of hydrogen-bond donors (Lipinski definition) is 0. The Morgan fingerprint density at radius 2 is 0.951 bits per heavy atom. The molecule has 0 aliphatic rings. The van der Waals surface area contributed by atoms with E-state index in [2.05, 4.69) is 77.4 Å². The van der Waals surface area contributed by atoms with Crippen LogP contribution in [0.4, 0.5) is 0 Å². The van der Waals surface area contributed by atoms with Crippen LogP contribution in [-0.2, 0) is 0 Å². The van der Waals surface area contributed by atoms with Crippen molar-refractivity contribution in [3.05, 3.63) is 133 Å². The Kier molecular flexibility index (Phi) is 4.58. The van der Waals surface area contributed by atoms with Crippen LogP contribution in [0.3, 0.4) is 0 Å². The first-order valence-electron chi connectivity index (χ1n) is 13.8. The summed E-state index contributed by atoms with van der Waals surface area (Å²) < 4.78 is 2.23. The van der Waals surface area contributed by atoms with Crippen molar-refractivity contribution in [3.63, 3.8) is 0 Å². The molecule has 7 aromatic carbocycles. The number of fused-ring (bicyclic) bond motifs is 5. The van der Waals surface area contributed by atoms with Crippen LogP contribution in [0.15, 0.2) is 133 Å². The molecule has 0 spiro atoms. The first kappa shape index (κ1) is 22.2. The van der Waals surface area contributed by atoms with E-state index >= 15 is 0 Å². The number of aromatic nitrogens is 4. The third-order valence-corrected chi connectivity index (χ3v) is 8.18. The van der Waals surface area contributed by atoms with Gasteiger partial charge in [0.2, 0.25) is 5.95 Å². The van der Waals surface area contributed by atoms with Gasteiger partial charge in [0.15, 0.2) is 11.6 Å². The van der Waals surface area contributed by atoms with Gasteiger partial charge in [-0.05, 0) is 39.1 Å². The lowest BCUT2D eigenvalue weighted by Gasteiger charge is -2.12. The molecule has 0 amide bonds. The van der Waals surface area contributed by atoms with Crippen molar-refractivity contribution in [2.24, 2.45) is 0 Å². The molecule has 0 N–H and O–H groups in total. The maximum absolute atomic E-state index is 5.12. The van der Waals surface area contributed by atoms with Gasteiger partial charge in [0.1, 0.15) is 0 Å². The lowest BCUT2D eigenvalue weighted by Crippen LogP contribution is -2.06. The molecule has 0 aliphatic heterocycles. The summed E-state index contributed by atoms with van der Waals surface area (Å²) in [6.07, 6.45) is 0. The van der Waals surface area contributed by atoms with Gasteiger partial charge < -0.3 is 0 Å². The fourth-order valence-corrected chi connectivity index (χ4v) is 6.43. The topological polar surface area (TPSA) is 43.6 Å². The predicted molar refractivity (Wildman–Crippen MR) is 169 cm³/mol. The standard InChI is InChI=1S/C37H22N4/c1-3-12-23(13-4-1)35-38-36(24-14-5-2-6-15-24)40-37(39-35)41-30-21-11-20-29-27-18-9-10-19-28(27)32-26-17-8-7-16-25(26)22-31(41)34(32)33(29)30/h1-22H. The highest BCUT2D eigenvalue weighted by Gasteiger charge is 2.23. The maximum atomic E-state index is 5.12. The van der Waals surface area contributed by atoms with Gasteiger partial charge in [-0.25, -0.2) is 4.98 Å². The molecule has 0 bridgehead atoms. The molecule has 0 atom stereocenters. The van der Waals surface area contributed by atoms with Gasteiger partial charge in [0, 0.05) is 27.3 Å². The quantitative estimate of drug-likeness (QED) is 0.217. The lowest BCUT2D eigenvalue weighted by atomic mass is 9.91. The number of rotatable bonds is 3. The molecule has 0 saturated heterocycles. The van der Waals surface area contributed by atoms with Crippen molar-refractivity contribution < 1.29 is 0 Å². The van der Waals surface area contributed by atoms with Gasteiger partial charge in [-0.2, -0.15) is 9.97 Å². The number of hydrogen-bond acceptors (Lipinski definition) is 3.